The highest BCUT2D eigenvalue weighted by atomic mass is 79.9. The van der Waals surface area contributed by atoms with E-state index in [0.717, 1.165) is 17.3 Å². The molecule has 0 aliphatic heterocycles. The van der Waals surface area contributed by atoms with Crippen molar-refractivity contribution in [2.45, 2.75) is 31.6 Å². The van der Waals surface area contributed by atoms with E-state index in [1.165, 1.54) is 12.1 Å². The molecule has 0 aromatic heterocycles. The Labute approximate surface area is 123 Å². The van der Waals surface area contributed by atoms with Gasteiger partial charge >= 0.3 is 0 Å². The Hall–Kier alpha value is -0.850. The second kappa shape index (κ2) is 7.07. The summed E-state index contributed by atoms with van der Waals surface area (Å²) >= 11 is 3.26. The number of halogens is 1. The Balaban J connectivity index is 2.56. The smallest absolute Gasteiger partial charge is 0.257 e. The molecule has 19 heavy (non-hydrogen) atoms. The fraction of sp³-hybridized carbons (Fsp3) is 0.385. The van der Waals surface area contributed by atoms with Crippen LogP contribution in [0.4, 0.5) is 0 Å². The zero-order valence-corrected chi connectivity index (χ0v) is 13.5. The lowest BCUT2D eigenvalue weighted by Crippen LogP contribution is -2.36. The van der Waals surface area contributed by atoms with Gasteiger partial charge in [-0.2, -0.15) is 0 Å². The highest BCUT2D eigenvalue weighted by molar-refractivity contribution is 9.10. The van der Waals surface area contributed by atoms with Crippen molar-refractivity contribution in [2.24, 2.45) is 5.92 Å². The zero-order chi connectivity index (χ0) is 14.5. The van der Waals surface area contributed by atoms with Gasteiger partial charge in [-0.25, -0.2) is 8.42 Å². The molecule has 0 fully saturated rings. The number of nitrogens with one attached hydrogen (secondary N) is 2. The molecule has 2 N–H and O–H groups in total. The number of rotatable bonds is 7. The third kappa shape index (κ3) is 5.76. The average molecular weight is 347 g/mol. The van der Waals surface area contributed by atoms with Crippen LogP contribution in [0.25, 0.3) is 0 Å². The van der Waals surface area contributed by atoms with Gasteiger partial charge in [0.2, 0.25) is 0 Å². The molecular weight excluding hydrogens is 328 g/mol. The fourth-order valence-corrected chi connectivity index (χ4v) is 2.49. The molecule has 0 amide bonds. The van der Waals surface area contributed by atoms with Crippen molar-refractivity contribution >= 4 is 26.0 Å². The van der Waals surface area contributed by atoms with Gasteiger partial charge < -0.3 is 5.43 Å². The third-order valence-corrected chi connectivity index (χ3v) is 4.30. The third-order valence-electron chi connectivity index (χ3n) is 2.51. The Morgan fingerprint density at radius 2 is 1.89 bits per heavy atom. The molecule has 0 aliphatic carbocycles. The maximum atomic E-state index is 12.0. The van der Waals surface area contributed by atoms with E-state index >= 15 is 0 Å². The summed E-state index contributed by atoms with van der Waals surface area (Å²) < 4.78 is 24.7. The standard InChI is InChI=1S/C13H19BrN2O2S/c1-10(2)4-5-11(3)15-16-19(17,18)13-8-6-12(14)7-9-13/h6-10,15-16H,3-5H2,1-2H3. The molecule has 0 saturated heterocycles. The predicted octanol–water partition coefficient (Wildman–Crippen LogP) is 3.18. The SMILES string of the molecule is C=C(CCC(C)C)NNS(=O)(=O)c1ccc(Br)cc1. The predicted molar refractivity (Wildman–Crippen MR) is 80.8 cm³/mol. The van der Waals surface area contributed by atoms with Crippen LogP contribution in [0.1, 0.15) is 26.7 Å². The van der Waals surface area contributed by atoms with Gasteiger partial charge in [0.25, 0.3) is 10.0 Å². The Morgan fingerprint density at radius 3 is 2.42 bits per heavy atom. The minimum Gasteiger partial charge on any atom is -0.313 e. The van der Waals surface area contributed by atoms with E-state index < -0.39 is 10.0 Å². The number of sulfonamides is 1. The number of hydrogen-bond acceptors (Lipinski definition) is 3. The van der Waals surface area contributed by atoms with Crippen molar-refractivity contribution in [1.29, 1.82) is 0 Å². The molecule has 0 aliphatic rings. The van der Waals surface area contributed by atoms with Crippen LogP contribution >= 0.6 is 15.9 Å². The Kier molecular flexibility index (Phi) is 6.03. The molecule has 0 unspecified atom stereocenters. The minimum atomic E-state index is -3.55. The maximum Gasteiger partial charge on any atom is 0.257 e. The number of hydrazine groups is 1. The van der Waals surface area contributed by atoms with E-state index in [0.29, 0.717) is 11.6 Å². The highest BCUT2D eigenvalue weighted by Gasteiger charge is 2.13. The molecule has 106 valence electrons. The molecule has 0 spiro atoms. The monoisotopic (exact) mass is 346 g/mol. The van der Waals surface area contributed by atoms with Gasteiger partial charge in [-0.3, -0.25) is 0 Å². The first-order chi connectivity index (χ1) is 8.81. The van der Waals surface area contributed by atoms with Crippen LogP contribution in [0.2, 0.25) is 0 Å². The van der Waals surface area contributed by atoms with Gasteiger partial charge in [-0.15, -0.1) is 4.83 Å². The molecule has 1 aromatic rings. The van der Waals surface area contributed by atoms with E-state index in [1.807, 2.05) is 0 Å². The van der Waals surface area contributed by atoms with Crippen LogP contribution in [0.5, 0.6) is 0 Å². The summed E-state index contributed by atoms with van der Waals surface area (Å²) in [6.07, 6.45) is 1.70. The van der Waals surface area contributed by atoms with Crippen molar-refractivity contribution in [3.8, 4) is 0 Å². The molecule has 1 aromatic carbocycles. The topological polar surface area (TPSA) is 58.2 Å². The molecule has 4 nitrogen and oxygen atoms in total. The van der Waals surface area contributed by atoms with Crippen molar-refractivity contribution in [3.05, 3.63) is 41.0 Å². The summed E-state index contributed by atoms with van der Waals surface area (Å²) in [6, 6.07) is 6.43. The first-order valence-electron chi connectivity index (χ1n) is 6.02. The molecule has 0 bridgehead atoms. The van der Waals surface area contributed by atoms with Crippen molar-refractivity contribution < 1.29 is 8.42 Å². The molecule has 0 atom stereocenters. The lowest BCUT2D eigenvalue weighted by Gasteiger charge is -2.12. The summed E-state index contributed by atoms with van der Waals surface area (Å²) in [5.74, 6) is 0.557. The summed E-state index contributed by atoms with van der Waals surface area (Å²) in [7, 11) is -3.55. The molecular formula is C13H19BrN2O2S. The van der Waals surface area contributed by atoms with Crippen LogP contribution in [-0.4, -0.2) is 8.42 Å². The molecule has 0 saturated carbocycles. The largest absolute Gasteiger partial charge is 0.313 e. The molecule has 0 radical (unpaired) electrons. The normalized spacial score (nSPS) is 11.6. The van der Waals surface area contributed by atoms with E-state index in [-0.39, 0.29) is 4.90 Å². The van der Waals surface area contributed by atoms with Gasteiger partial charge in [0.05, 0.1) is 4.90 Å². The molecule has 6 heteroatoms. The summed E-state index contributed by atoms with van der Waals surface area (Å²) in [4.78, 5) is 2.53. The van der Waals surface area contributed by atoms with Crippen LogP contribution in [0.3, 0.4) is 0 Å². The quantitative estimate of drug-likeness (QED) is 0.745. The van der Waals surface area contributed by atoms with Gasteiger partial charge in [0.15, 0.2) is 0 Å². The highest BCUT2D eigenvalue weighted by Crippen LogP contribution is 2.14. The first-order valence-corrected chi connectivity index (χ1v) is 8.30. The van der Waals surface area contributed by atoms with Gasteiger partial charge in [0, 0.05) is 10.2 Å². The van der Waals surface area contributed by atoms with Crippen LogP contribution in [0.15, 0.2) is 45.9 Å². The van der Waals surface area contributed by atoms with Gasteiger partial charge in [0.1, 0.15) is 0 Å². The van der Waals surface area contributed by atoms with Crippen molar-refractivity contribution in [2.75, 3.05) is 0 Å². The molecule has 1 rings (SSSR count). The molecule has 0 heterocycles. The van der Waals surface area contributed by atoms with Gasteiger partial charge in [-0.1, -0.05) is 36.4 Å². The number of allylic oxidation sites excluding steroid dienone is 1. The fourth-order valence-electron chi connectivity index (χ4n) is 1.34. The van der Waals surface area contributed by atoms with E-state index in [9.17, 15) is 8.42 Å². The number of hydrogen-bond donors (Lipinski definition) is 2. The Morgan fingerprint density at radius 1 is 1.32 bits per heavy atom. The van der Waals surface area contributed by atoms with Crippen molar-refractivity contribution in [1.82, 2.24) is 10.3 Å². The second-order valence-corrected chi connectivity index (χ2v) is 7.32. The second-order valence-electron chi connectivity index (χ2n) is 4.72. The zero-order valence-electron chi connectivity index (χ0n) is 11.1. The lowest BCUT2D eigenvalue weighted by atomic mass is 10.1. The summed E-state index contributed by atoms with van der Waals surface area (Å²) in [5, 5.41) is 0. The van der Waals surface area contributed by atoms with E-state index in [2.05, 4.69) is 46.6 Å². The first kappa shape index (κ1) is 16.2. The van der Waals surface area contributed by atoms with Crippen LogP contribution < -0.4 is 10.3 Å². The lowest BCUT2D eigenvalue weighted by molar-refractivity contribution is 0.547. The van der Waals surface area contributed by atoms with E-state index in [4.69, 9.17) is 0 Å². The Bertz CT molecular complexity index is 524. The summed E-state index contributed by atoms with van der Waals surface area (Å²) in [5.41, 5.74) is 3.31. The van der Waals surface area contributed by atoms with Gasteiger partial charge in [-0.05, 0) is 43.0 Å². The van der Waals surface area contributed by atoms with Crippen LogP contribution in [0, 0.1) is 5.92 Å². The van der Waals surface area contributed by atoms with Crippen LogP contribution in [-0.2, 0) is 10.0 Å². The average Bonchev–Trinajstić information content (AvgIpc) is 2.34. The minimum absolute atomic E-state index is 0.208. The van der Waals surface area contributed by atoms with Crippen molar-refractivity contribution in [3.63, 3.8) is 0 Å². The number of benzene rings is 1. The van der Waals surface area contributed by atoms with E-state index in [1.54, 1.807) is 12.1 Å². The summed E-state index contributed by atoms with van der Waals surface area (Å²) in [6.45, 7) is 8.01. The maximum absolute atomic E-state index is 12.0.